The molecule has 0 saturated heterocycles. The third-order valence-electron chi connectivity index (χ3n) is 2.67. The summed E-state index contributed by atoms with van der Waals surface area (Å²) in [6.07, 6.45) is 3.04. The summed E-state index contributed by atoms with van der Waals surface area (Å²) >= 11 is 0. The first kappa shape index (κ1) is 13.9. The van der Waals surface area contributed by atoms with Gasteiger partial charge in [-0.25, -0.2) is 9.97 Å². The molecule has 0 aliphatic heterocycles. The number of aromatic nitrogens is 2. The van der Waals surface area contributed by atoms with Gasteiger partial charge >= 0.3 is 0 Å². The fraction of sp³-hybridized carbons (Fsp3) is 0.692. The number of nitrogens with one attached hydrogen (secondary N) is 1. The minimum atomic E-state index is 0.483. The van der Waals surface area contributed by atoms with Crippen molar-refractivity contribution in [3.8, 4) is 0 Å². The maximum absolute atomic E-state index is 4.54. The molecule has 0 bridgehead atoms. The molecule has 4 nitrogen and oxygen atoms in total. The van der Waals surface area contributed by atoms with E-state index >= 15 is 0 Å². The van der Waals surface area contributed by atoms with Crippen molar-refractivity contribution in [2.75, 3.05) is 18.5 Å². The number of anilines is 1. The molecule has 0 aliphatic rings. The molecule has 96 valence electrons. The molecule has 0 saturated carbocycles. The SMILES string of the molecule is CCCN(C)c1ncc(CNC(C)C)c(C)n1. The van der Waals surface area contributed by atoms with Crippen LogP contribution in [-0.2, 0) is 6.54 Å². The number of rotatable bonds is 6. The fourth-order valence-electron chi connectivity index (χ4n) is 1.59. The monoisotopic (exact) mass is 236 g/mol. The van der Waals surface area contributed by atoms with E-state index in [2.05, 4.69) is 41.0 Å². The third kappa shape index (κ3) is 4.30. The quantitative estimate of drug-likeness (QED) is 0.821. The van der Waals surface area contributed by atoms with E-state index in [0.717, 1.165) is 31.2 Å². The zero-order valence-electron chi connectivity index (χ0n) is 11.6. The normalized spacial score (nSPS) is 10.9. The van der Waals surface area contributed by atoms with Gasteiger partial charge in [-0.1, -0.05) is 20.8 Å². The summed E-state index contributed by atoms with van der Waals surface area (Å²) in [5.41, 5.74) is 2.23. The summed E-state index contributed by atoms with van der Waals surface area (Å²) in [7, 11) is 2.03. The van der Waals surface area contributed by atoms with E-state index in [4.69, 9.17) is 0 Å². The van der Waals surface area contributed by atoms with Crippen molar-refractivity contribution >= 4 is 5.95 Å². The van der Waals surface area contributed by atoms with Crippen molar-refractivity contribution in [3.05, 3.63) is 17.5 Å². The topological polar surface area (TPSA) is 41.1 Å². The van der Waals surface area contributed by atoms with Gasteiger partial charge in [-0.15, -0.1) is 0 Å². The number of hydrogen-bond acceptors (Lipinski definition) is 4. The predicted molar refractivity (Wildman–Crippen MR) is 72.3 cm³/mol. The molecule has 17 heavy (non-hydrogen) atoms. The second-order valence-corrected chi connectivity index (χ2v) is 4.74. The van der Waals surface area contributed by atoms with E-state index in [9.17, 15) is 0 Å². The maximum atomic E-state index is 4.54. The summed E-state index contributed by atoms with van der Waals surface area (Å²) in [4.78, 5) is 11.0. The molecule has 1 aromatic rings. The van der Waals surface area contributed by atoms with Gasteiger partial charge < -0.3 is 10.2 Å². The van der Waals surface area contributed by atoms with E-state index in [1.807, 2.05) is 20.2 Å². The molecule has 0 spiro atoms. The van der Waals surface area contributed by atoms with Crippen LogP contribution < -0.4 is 10.2 Å². The van der Waals surface area contributed by atoms with Crippen molar-refractivity contribution in [1.82, 2.24) is 15.3 Å². The predicted octanol–water partition coefficient (Wildman–Crippen LogP) is 2.13. The highest BCUT2D eigenvalue weighted by Gasteiger charge is 2.07. The molecule has 0 unspecified atom stereocenters. The molecule has 1 heterocycles. The lowest BCUT2D eigenvalue weighted by Crippen LogP contribution is -2.24. The van der Waals surface area contributed by atoms with Crippen molar-refractivity contribution in [2.24, 2.45) is 0 Å². The average Bonchev–Trinajstić information content (AvgIpc) is 2.27. The van der Waals surface area contributed by atoms with E-state index in [1.165, 1.54) is 5.56 Å². The zero-order valence-corrected chi connectivity index (χ0v) is 11.6. The Morgan fingerprint density at radius 3 is 2.65 bits per heavy atom. The van der Waals surface area contributed by atoms with Crippen molar-refractivity contribution < 1.29 is 0 Å². The smallest absolute Gasteiger partial charge is 0.225 e. The van der Waals surface area contributed by atoms with Gasteiger partial charge in [0.05, 0.1) is 0 Å². The Morgan fingerprint density at radius 2 is 2.12 bits per heavy atom. The van der Waals surface area contributed by atoms with Crippen molar-refractivity contribution in [3.63, 3.8) is 0 Å². The van der Waals surface area contributed by atoms with Crippen LogP contribution in [0.2, 0.25) is 0 Å². The molecule has 0 fully saturated rings. The van der Waals surface area contributed by atoms with Gasteiger partial charge in [0.15, 0.2) is 0 Å². The summed E-state index contributed by atoms with van der Waals surface area (Å²) in [6, 6.07) is 0.483. The first-order chi connectivity index (χ1) is 8.04. The van der Waals surface area contributed by atoms with Crippen LogP contribution in [0, 0.1) is 6.92 Å². The molecule has 1 N–H and O–H groups in total. The zero-order chi connectivity index (χ0) is 12.8. The van der Waals surface area contributed by atoms with Gasteiger partial charge in [-0.2, -0.15) is 0 Å². The lowest BCUT2D eigenvalue weighted by molar-refractivity contribution is 0.584. The van der Waals surface area contributed by atoms with Crippen LogP contribution in [0.5, 0.6) is 0 Å². The Bertz CT molecular complexity index is 349. The van der Waals surface area contributed by atoms with Crippen LogP contribution in [0.15, 0.2) is 6.20 Å². The van der Waals surface area contributed by atoms with Gasteiger partial charge in [-0.3, -0.25) is 0 Å². The highest BCUT2D eigenvalue weighted by atomic mass is 15.2. The number of nitrogens with zero attached hydrogens (tertiary/aromatic N) is 3. The molecular formula is C13H24N4. The second kappa shape index (κ2) is 6.55. The van der Waals surface area contributed by atoms with Crippen LogP contribution in [0.3, 0.4) is 0 Å². The van der Waals surface area contributed by atoms with Crippen LogP contribution in [0.25, 0.3) is 0 Å². The summed E-state index contributed by atoms with van der Waals surface area (Å²) in [5.74, 6) is 0.817. The largest absolute Gasteiger partial charge is 0.344 e. The molecule has 0 aliphatic carbocycles. The molecule has 0 aromatic carbocycles. The Hall–Kier alpha value is -1.16. The summed E-state index contributed by atoms with van der Waals surface area (Å²) in [6.45, 7) is 10.3. The Balaban J connectivity index is 2.72. The average molecular weight is 236 g/mol. The summed E-state index contributed by atoms with van der Waals surface area (Å²) < 4.78 is 0. The minimum absolute atomic E-state index is 0.483. The molecule has 0 amide bonds. The van der Waals surface area contributed by atoms with E-state index in [-0.39, 0.29) is 0 Å². The number of aryl methyl sites for hydroxylation is 1. The second-order valence-electron chi connectivity index (χ2n) is 4.74. The molecular weight excluding hydrogens is 212 g/mol. The van der Waals surface area contributed by atoms with Crippen LogP contribution in [0.4, 0.5) is 5.95 Å². The van der Waals surface area contributed by atoms with Gasteiger partial charge in [0.25, 0.3) is 0 Å². The molecule has 0 radical (unpaired) electrons. The first-order valence-electron chi connectivity index (χ1n) is 6.31. The van der Waals surface area contributed by atoms with Gasteiger partial charge in [-0.05, 0) is 13.3 Å². The highest BCUT2D eigenvalue weighted by Crippen LogP contribution is 2.10. The van der Waals surface area contributed by atoms with Crippen LogP contribution in [-0.4, -0.2) is 29.6 Å². The highest BCUT2D eigenvalue weighted by molar-refractivity contribution is 5.31. The first-order valence-corrected chi connectivity index (χ1v) is 6.31. The Labute approximate surface area is 104 Å². The molecule has 4 heteroatoms. The third-order valence-corrected chi connectivity index (χ3v) is 2.67. The molecule has 1 aromatic heterocycles. The fourth-order valence-corrected chi connectivity index (χ4v) is 1.59. The van der Waals surface area contributed by atoms with E-state index in [0.29, 0.717) is 6.04 Å². The van der Waals surface area contributed by atoms with Crippen LogP contribution >= 0.6 is 0 Å². The van der Waals surface area contributed by atoms with E-state index < -0.39 is 0 Å². The van der Waals surface area contributed by atoms with Crippen molar-refractivity contribution in [2.45, 2.75) is 46.7 Å². The number of hydrogen-bond donors (Lipinski definition) is 1. The minimum Gasteiger partial charge on any atom is -0.344 e. The molecule has 0 atom stereocenters. The maximum Gasteiger partial charge on any atom is 0.225 e. The van der Waals surface area contributed by atoms with Gasteiger partial charge in [0.1, 0.15) is 0 Å². The lowest BCUT2D eigenvalue weighted by atomic mass is 10.2. The van der Waals surface area contributed by atoms with Crippen molar-refractivity contribution in [1.29, 1.82) is 0 Å². The van der Waals surface area contributed by atoms with E-state index in [1.54, 1.807) is 0 Å². The van der Waals surface area contributed by atoms with Crippen LogP contribution in [0.1, 0.15) is 38.4 Å². The Morgan fingerprint density at radius 1 is 1.41 bits per heavy atom. The van der Waals surface area contributed by atoms with Gasteiger partial charge in [0.2, 0.25) is 5.95 Å². The molecule has 1 rings (SSSR count). The Kier molecular flexibility index (Phi) is 5.35. The van der Waals surface area contributed by atoms with Gasteiger partial charge in [0, 0.05) is 43.6 Å². The summed E-state index contributed by atoms with van der Waals surface area (Å²) in [5, 5.41) is 3.38. The standard InChI is InChI=1S/C13H24N4/c1-6-7-17(5)13-15-9-12(11(4)16-13)8-14-10(2)3/h9-10,14H,6-8H2,1-5H3. The lowest BCUT2D eigenvalue weighted by Gasteiger charge is -2.17.